The van der Waals surface area contributed by atoms with Crippen LogP contribution in [0.5, 0.6) is 0 Å². The maximum Gasteiger partial charge on any atom is 0.256 e. The molecule has 1 aromatic rings. The van der Waals surface area contributed by atoms with Gasteiger partial charge in [0.05, 0.1) is 0 Å². The van der Waals surface area contributed by atoms with Crippen LogP contribution in [0.4, 0.5) is 4.39 Å². The number of nitrogens with zero attached hydrogens (tertiary/aromatic N) is 3. The minimum atomic E-state index is -1.17. The molecule has 3 N–H and O–H groups in total. The molecule has 1 spiro atoms. The van der Waals surface area contributed by atoms with E-state index in [9.17, 15) is 14.7 Å². The van der Waals surface area contributed by atoms with E-state index in [1.165, 1.54) is 5.57 Å². The molecule has 2 saturated carbocycles. The van der Waals surface area contributed by atoms with Crippen LogP contribution < -0.4 is 10.9 Å². The summed E-state index contributed by atoms with van der Waals surface area (Å²) in [5.41, 5.74) is 8.93. The highest BCUT2D eigenvalue weighted by molar-refractivity contribution is 6.16. The summed E-state index contributed by atoms with van der Waals surface area (Å²) >= 11 is 0. The Labute approximate surface area is 220 Å². The molecule has 6 aliphatic rings. The lowest BCUT2D eigenvalue weighted by Gasteiger charge is -2.26. The molecular formula is C29H32FN5O3. The number of likely N-dealkylation sites (tertiary alicyclic amines) is 1. The number of hydrazine groups is 1. The van der Waals surface area contributed by atoms with Crippen molar-refractivity contribution < 1.29 is 19.1 Å². The van der Waals surface area contributed by atoms with Gasteiger partial charge in [0.15, 0.2) is 0 Å². The average molecular weight is 518 g/mol. The van der Waals surface area contributed by atoms with E-state index in [-0.39, 0.29) is 23.6 Å². The van der Waals surface area contributed by atoms with Gasteiger partial charge in [-0.3, -0.25) is 19.5 Å². The molecule has 8 nitrogen and oxygen atoms in total. The van der Waals surface area contributed by atoms with E-state index >= 15 is 4.39 Å². The van der Waals surface area contributed by atoms with Gasteiger partial charge in [0.2, 0.25) is 0 Å². The predicted octanol–water partition coefficient (Wildman–Crippen LogP) is 2.68. The van der Waals surface area contributed by atoms with E-state index < -0.39 is 11.1 Å². The number of rotatable bonds is 6. The van der Waals surface area contributed by atoms with Crippen molar-refractivity contribution >= 4 is 28.8 Å². The number of carbonyl (C=O) groups excluding carboxylic acids is 2. The highest BCUT2D eigenvalue weighted by Crippen LogP contribution is 2.48. The van der Waals surface area contributed by atoms with Crippen LogP contribution in [0.3, 0.4) is 0 Å². The number of allylic oxidation sites excluding steroid dienone is 3. The van der Waals surface area contributed by atoms with Gasteiger partial charge in [-0.25, -0.2) is 9.82 Å². The van der Waals surface area contributed by atoms with E-state index in [1.54, 1.807) is 15.9 Å². The highest BCUT2D eigenvalue weighted by atomic mass is 19.1. The van der Waals surface area contributed by atoms with Gasteiger partial charge in [0.25, 0.3) is 11.8 Å². The number of amides is 2. The second-order valence-electron chi connectivity index (χ2n) is 11.6. The Morgan fingerprint density at radius 3 is 2.47 bits per heavy atom. The number of nitrogens with one attached hydrogen (secondary N) is 2. The lowest BCUT2D eigenvalue weighted by molar-refractivity contribution is -0.141. The second-order valence-corrected chi connectivity index (χ2v) is 11.6. The van der Waals surface area contributed by atoms with Gasteiger partial charge in [-0.2, -0.15) is 0 Å². The molecule has 198 valence electrons. The summed E-state index contributed by atoms with van der Waals surface area (Å²) in [6.45, 7) is 2.28. The van der Waals surface area contributed by atoms with E-state index in [1.807, 2.05) is 18.3 Å². The van der Waals surface area contributed by atoms with Crippen molar-refractivity contribution in [2.75, 3.05) is 26.2 Å². The summed E-state index contributed by atoms with van der Waals surface area (Å²) in [6, 6.07) is 8.19. The zero-order chi connectivity index (χ0) is 26.1. The quantitative estimate of drug-likeness (QED) is 0.539. The molecule has 3 fully saturated rings. The zero-order valence-corrected chi connectivity index (χ0v) is 21.3. The monoisotopic (exact) mass is 517 g/mol. The van der Waals surface area contributed by atoms with Crippen molar-refractivity contribution in [2.24, 2.45) is 10.9 Å². The van der Waals surface area contributed by atoms with Crippen molar-refractivity contribution in [2.45, 2.75) is 56.1 Å². The van der Waals surface area contributed by atoms with Crippen LogP contribution in [-0.4, -0.2) is 69.9 Å². The first kappa shape index (κ1) is 23.8. The Morgan fingerprint density at radius 1 is 1.11 bits per heavy atom. The molecule has 9 heteroatoms. The van der Waals surface area contributed by atoms with Crippen LogP contribution in [0, 0.1) is 5.92 Å². The molecule has 0 bridgehead atoms. The maximum atomic E-state index is 15.6. The van der Waals surface area contributed by atoms with Gasteiger partial charge in [-0.1, -0.05) is 24.3 Å². The van der Waals surface area contributed by atoms with Crippen molar-refractivity contribution in [3.05, 3.63) is 59.1 Å². The van der Waals surface area contributed by atoms with Crippen molar-refractivity contribution in [1.82, 2.24) is 20.7 Å². The minimum absolute atomic E-state index is 0.0334. The fourth-order valence-electron chi connectivity index (χ4n) is 6.11. The SMILES string of the molecule is O=C(N1CC[C@@H](CN2C(=O)C3(CC3)N=C2C2=C(F)C=C(c3ccc(C4=CNNC4)cc3)CC2)C1)C1(O)CC1. The summed E-state index contributed by atoms with van der Waals surface area (Å²) in [4.78, 5) is 34.1. The van der Waals surface area contributed by atoms with Gasteiger partial charge in [-0.15, -0.1) is 0 Å². The molecule has 7 rings (SSSR count). The standard InChI is InChI=1S/C29H32FN5O3/c30-24-13-21(19-1-3-20(4-2-19)22-14-31-32-15-22)5-6-23(24)25-33-28(8-9-28)26(36)35(25)17-18-7-12-34(16-18)27(37)29(38)10-11-29/h1-4,13-14,18,31-32,38H,5-12,15-17H2/t18-/m1/s1. The maximum absolute atomic E-state index is 15.6. The number of hydrogen-bond donors (Lipinski definition) is 3. The first-order valence-electron chi connectivity index (χ1n) is 13.7. The number of hydrogen-bond acceptors (Lipinski definition) is 6. The summed E-state index contributed by atoms with van der Waals surface area (Å²) in [7, 11) is 0. The molecule has 0 aromatic heterocycles. The molecule has 0 unspecified atom stereocenters. The molecule has 3 aliphatic carbocycles. The Morgan fingerprint density at radius 2 is 1.84 bits per heavy atom. The van der Waals surface area contributed by atoms with Crippen LogP contribution in [0.1, 0.15) is 56.1 Å². The number of aliphatic imine (C=N–C) groups is 1. The Bertz CT molecular complexity index is 1340. The number of aliphatic hydroxyl groups is 1. The van der Waals surface area contributed by atoms with E-state index in [0.717, 1.165) is 29.7 Å². The third-order valence-electron chi connectivity index (χ3n) is 8.84. The van der Waals surface area contributed by atoms with Gasteiger partial charge < -0.3 is 15.4 Å². The summed E-state index contributed by atoms with van der Waals surface area (Å²) in [6.07, 6.45) is 7.93. The summed E-state index contributed by atoms with van der Waals surface area (Å²) < 4.78 is 15.6. The normalized spacial score (nSPS) is 26.9. The Kier molecular flexibility index (Phi) is 5.39. The zero-order valence-electron chi connectivity index (χ0n) is 21.3. The highest BCUT2D eigenvalue weighted by Gasteiger charge is 2.58. The second kappa shape index (κ2) is 8.61. The molecule has 1 saturated heterocycles. The largest absolute Gasteiger partial charge is 0.380 e. The molecule has 0 radical (unpaired) electrons. The molecule has 38 heavy (non-hydrogen) atoms. The summed E-state index contributed by atoms with van der Waals surface area (Å²) in [5, 5.41) is 10.2. The molecule has 3 aliphatic heterocycles. The van der Waals surface area contributed by atoms with Gasteiger partial charge in [0, 0.05) is 38.0 Å². The third kappa shape index (κ3) is 3.99. The topological polar surface area (TPSA) is 97.3 Å². The van der Waals surface area contributed by atoms with Crippen LogP contribution in [0.2, 0.25) is 0 Å². The Balaban J connectivity index is 1.09. The lowest BCUT2D eigenvalue weighted by Crippen LogP contribution is -2.42. The third-order valence-corrected chi connectivity index (χ3v) is 8.84. The number of benzene rings is 1. The first-order chi connectivity index (χ1) is 18.4. The van der Waals surface area contributed by atoms with Gasteiger partial charge in [0.1, 0.15) is 22.8 Å². The Hall–Kier alpha value is -3.30. The fraction of sp³-hybridized carbons (Fsp3) is 0.483. The minimum Gasteiger partial charge on any atom is -0.380 e. The van der Waals surface area contributed by atoms with Crippen LogP contribution in [0.25, 0.3) is 11.1 Å². The smallest absolute Gasteiger partial charge is 0.256 e. The van der Waals surface area contributed by atoms with Crippen LogP contribution in [0.15, 0.2) is 52.9 Å². The summed E-state index contributed by atoms with van der Waals surface area (Å²) in [5.74, 6) is 0.0148. The van der Waals surface area contributed by atoms with Gasteiger partial charge in [-0.05, 0) is 79.2 Å². The number of halogens is 1. The average Bonchev–Trinajstić information content (AvgIpc) is 3.68. The van der Waals surface area contributed by atoms with Crippen molar-refractivity contribution in [3.63, 3.8) is 0 Å². The van der Waals surface area contributed by atoms with E-state index in [4.69, 9.17) is 4.99 Å². The lowest BCUT2D eigenvalue weighted by atomic mass is 9.91. The van der Waals surface area contributed by atoms with Crippen LogP contribution >= 0.6 is 0 Å². The van der Waals surface area contributed by atoms with Crippen molar-refractivity contribution in [3.8, 4) is 0 Å². The number of carbonyl (C=O) groups is 2. The molecular weight excluding hydrogens is 485 g/mol. The fourth-order valence-corrected chi connectivity index (χ4v) is 6.11. The molecule has 3 heterocycles. The first-order valence-corrected chi connectivity index (χ1v) is 13.7. The van der Waals surface area contributed by atoms with E-state index in [2.05, 4.69) is 23.0 Å². The predicted molar refractivity (Wildman–Crippen MR) is 141 cm³/mol. The molecule has 1 atom stereocenters. The van der Waals surface area contributed by atoms with Crippen LogP contribution in [-0.2, 0) is 9.59 Å². The molecule has 2 amide bonds. The van der Waals surface area contributed by atoms with Gasteiger partial charge >= 0.3 is 0 Å². The molecule has 1 aromatic carbocycles. The number of amidine groups is 1. The van der Waals surface area contributed by atoms with Crippen molar-refractivity contribution in [1.29, 1.82) is 0 Å². The van der Waals surface area contributed by atoms with E-state index in [0.29, 0.717) is 69.6 Å².